The van der Waals surface area contributed by atoms with Gasteiger partial charge in [0.1, 0.15) is 11.5 Å². The number of thiazole rings is 1. The lowest BCUT2D eigenvalue weighted by molar-refractivity contribution is 0.102. The van der Waals surface area contributed by atoms with Crippen LogP contribution in [0.4, 0.5) is 5.69 Å². The van der Waals surface area contributed by atoms with Crippen LogP contribution in [0.3, 0.4) is 0 Å². The first kappa shape index (κ1) is 16.4. The van der Waals surface area contributed by atoms with Crippen molar-refractivity contribution in [3.8, 4) is 11.3 Å². The number of hydrogen-bond acceptors (Lipinski definition) is 5. The molecule has 0 aliphatic heterocycles. The average molecular weight is 415 g/mol. The molecule has 5 nitrogen and oxygen atoms in total. The molecule has 1 aromatic carbocycles. The van der Waals surface area contributed by atoms with Crippen molar-refractivity contribution >= 4 is 38.9 Å². The molecule has 1 N–H and O–H groups in total. The lowest BCUT2D eigenvalue weighted by atomic mass is 10.1. The van der Waals surface area contributed by atoms with Gasteiger partial charge in [0.2, 0.25) is 0 Å². The maximum absolute atomic E-state index is 12.7. The van der Waals surface area contributed by atoms with Crippen molar-refractivity contribution in [2.45, 2.75) is 25.7 Å². The summed E-state index contributed by atoms with van der Waals surface area (Å²) in [5.41, 5.74) is 3.02. The van der Waals surface area contributed by atoms with E-state index >= 15 is 0 Å². The molecule has 4 rings (SSSR count). The summed E-state index contributed by atoms with van der Waals surface area (Å²) in [6, 6.07) is 9.51. The fraction of sp³-hybridized carbons (Fsp3) is 0.222. The number of rotatable bonds is 4. The summed E-state index contributed by atoms with van der Waals surface area (Å²) in [7, 11) is 0. The van der Waals surface area contributed by atoms with Crippen molar-refractivity contribution < 1.29 is 4.79 Å². The fourth-order valence-electron chi connectivity index (χ4n) is 2.65. The topological polar surface area (TPSA) is 67.8 Å². The molecule has 1 fully saturated rings. The van der Waals surface area contributed by atoms with Gasteiger partial charge in [0, 0.05) is 22.3 Å². The molecule has 0 radical (unpaired) electrons. The van der Waals surface area contributed by atoms with Crippen LogP contribution in [-0.4, -0.2) is 20.9 Å². The SMILES string of the molecule is Cc1nccc(-c2cccc(NC(=O)c3nc(Br)sc3C3CC3)c2)n1. The van der Waals surface area contributed by atoms with Crippen molar-refractivity contribution in [2.75, 3.05) is 5.32 Å². The monoisotopic (exact) mass is 414 g/mol. The number of carbonyl (C=O) groups excluding carboxylic acids is 1. The highest BCUT2D eigenvalue weighted by atomic mass is 79.9. The molecule has 0 spiro atoms. The number of nitrogens with one attached hydrogen (secondary N) is 1. The number of aromatic nitrogens is 3. The maximum Gasteiger partial charge on any atom is 0.275 e. The Kier molecular flexibility index (Phi) is 4.35. The van der Waals surface area contributed by atoms with Gasteiger partial charge in [0.25, 0.3) is 5.91 Å². The quantitative estimate of drug-likeness (QED) is 0.665. The van der Waals surface area contributed by atoms with Gasteiger partial charge in [-0.15, -0.1) is 11.3 Å². The molecule has 0 saturated heterocycles. The van der Waals surface area contributed by atoms with Gasteiger partial charge < -0.3 is 5.32 Å². The number of benzene rings is 1. The number of aryl methyl sites for hydroxylation is 1. The predicted molar refractivity (Wildman–Crippen MR) is 102 cm³/mol. The number of halogens is 1. The third kappa shape index (κ3) is 3.62. The zero-order valence-electron chi connectivity index (χ0n) is 13.5. The lowest BCUT2D eigenvalue weighted by Crippen LogP contribution is -2.14. The van der Waals surface area contributed by atoms with Crippen LogP contribution in [0.25, 0.3) is 11.3 Å². The zero-order valence-corrected chi connectivity index (χ0v) is 15.9. The summed E-state index contributed by atoms with van der Waals surface area (Å²) in [5, 5.41) is 2.96. The maximum atomic E-state index is 12.7. The van der Waals surface area contributed by atoms with E-state index in [4.69, 9.17) is 0 Å². The van der Waals surface area contributed by atoms with Crippen LogP contribution in [0.2, 0.25) is 0 Å². The Labute approximate surface area is 157 Å². The van der Waals surface area contributed by atoms with Crippen LogP contribution in [0.1, 0.15) is 39.9 Å². The summed E-state index contributed by atoms with van der Waals surface area (Å²) in [6.45, 7) is 1.86. The van der Waals surface area contributed by atoms with Gasteiger partial charge in [0.05, 0.1) is 5.69 Å². The normalized spacial score (nSPS) is 13.7. The first-order chi connectivity index (χ1) is 12.1. The van der Waals surface area contributed by atoms with E-state index < -0.39 is 0 Å². The van der Waals surface area contributed by atoms with Crippen LogP contribution in [0.15, 0.2) is 40.4 Å². The largest absolute Gasteiger partial charge is 0.321 e. The second kappa shape index (κ2) is 6.65. The van der Waals surface area contributed by atoms with Gasteiger partial charge >= 0.3 is 0 Å². The predicted octanol–water partition coefficient (Wildman–Crippen LogP) is 4.80. The summed E-state index contributed by atoms with van der Waals surface area (Å²) < 4.78 is 0.754. The highest BCUT2D eigenvalue weighted by Gasteiger charge is 2.31. The standard InChI is InChI=1S/C18H15BrN4OS/c1-10-20-8-7-14(21-10)12-3-2-4-13(9-12)22-17(24)15-16(11-5-6-11)25-18(19)23-15/h2-4,7-9,11H,5-6H2,1H3,(H,22,24). The Bertz CT molecular complexity index is 952. The summed E-state index contributed by atoms with van der Waals surface area (Å²) >= 11 is 4.95. The highest BCUT2D eigenvalue weighted by molar-refractivity contribution is 9.11. The van der Waals surface area contributed by atoms with Crippen LogP contribution < -0.4 is 5.32 Å². The van der Waals surface area contributed by atoms with Gasteiger partial charge in [-0.05, 0) is 59.8 Å². The van der Waals surface area contributed by atoms with E-state index in [0.29, 0.717) is 17.4 Å². The molecule has 7 heteroatoms. The highest BCUT2D eigenvalue weighted by Crippen LogP contribution is 2.45. The van der Waals surface area contributed by atoms with Crippen molar-refractivity contribution in [1.82, 2.24) is 15.0 Å². The smallest absolute Gasteiger partial charge is 0.275 e. The van der Waals surface area contributed by atoms with Gasteiger partial charge in [0.15, 0.2) is 3.92 Å². The van der Waals surface area contributed by atoms with Crippen molar-refractivity contribution in [1.29, 1.82) is 0 Å². The number of nitrogens with zero attached hydrogens (tertiary/aromatic N) is 3. The second-order valence-corrected chi connectivity index (χ2v) is 8.28. The van der Waals surface area contributed by atoms with Crippen LogP contribution in [0, 0.1) is 6.92 Å². The van der Waals surface area contributed by atoms with Gasteiger partial charge in [-0.25, -0.2) is 15.0 Å². The Hall–Kier alpha value is -2.12. The van der Waals surface area contributed by atoms with Crippen molar-refractivity contribution in [3.05, 3.63) is 56.8 Å². The number of amides is 1. The van der Waals surface area contributed by atoms with Crippen molar-refractivity contribution in [2.24, 2.45) is 0 Å². The molecule has 25 heavy (non-hydrogen) atoms. The molecular formula is C18H15BrN4OS. The molecule has 2 aromatic heterocycles. The summed E-state index contributed by atoms with van der Waals surface area (Å²) in [4.78, 5) is 26.7. The molecule has 0 bridgehead atoms. The molecule has 126 valence electrons. The minimum atomic E-state index is -0.167. The van der Waals surface area contributed by atoms with Crippen molar-refractivity contribution in [3.63, 3.8) is 0 Å². The van der Waals surface area contributed by atoms with Crippen LogP contribution >= 0.6 is 27.3 Å². The van der Waals surface area contributed by atoms with Crippen LogP contribution in [-0.2, 0) is 0 Å². The fourth-order valence-corrected chi connectivity index (χ4v) is 4.31. The molecule has 1 aliphatic rings. The Morgan fingerprint density at radius 1 is 1.28 bits per heavy atom. The third-order valence-electron chi connectivity index (χ3n) is 3.98. The van der Waals surface area contributed by atoms with E-state index in [-0.39, 0.29) is 5.91 Å². The third-order valence-corrected chi connectivity index (χ3v) is 5.65. The van der Waals surface area contributed by atoms with E-state index in [1.165, 1.54) is 0 Å². The number of carbonyl (C=O) groups is 1. The Morgan fingerprint density at radius 2 is 2.12 bits per heavy atom. The summed E-state index contributed by atoms with van der Waals surface area (Å²) in [6.07, 6.45) is 4.01. The molecule has 1 aliphatic carbocycles. The van der Waals surface area contributed by atoms with E-state index in [9.17, 15) is 4.79 Å². The average Bonchev–Trinajstić information content (AvgIpc) is 3.37. The van der Waals surface area contributed by atoms with E-state index in [2.05, 4.69) is 36.2 Å². The van der Waals surface area contributed by atoms with Gasteiger partial charge in [-0.2, -0.15) is 0 Å². The minimum absolute atomic E-state index is 0.167. The molecule has 1 amide bonds. The molecule has 3 aromatic rings. The molecule has 0 atom stereocenters. The number of hydrogen-bond donors (Lipinski definition) is 1. The molecular weight excluding hydrogens is 400 g/mol. The van der Waals surface area contributed by atoms with E-state index in [1.54, 1.807) is 17.5 Å². The first-order valence-corrected chi connectivity index (χ1v) is 9.59. The van der Waals surface area contributed by atoms with Crippen LogP contribution in [0.5, 0.6) is 0 Å². The first-order valence-electron chi connectivity index (χ1n) is 7.98. The zero-order chi connectivity index (χ0) is 17.4. The second-order valence-electron chi connectivity index (χ2n) is 5.98. The van der Waals surface area contributed by atoms with E-state index in [1.807, 2.05) is 37.3 Å². The summed E-state index contributed by atoms with van der Waals surface area (Å²) in [5.74, 6) is 1.04. The minimum Gasteiger partial charge on any atom is -0.321 e. The molecule has 1 saturated carbocycles. The Balaban J connectivity index is 1.59. The van der Waals surface area contributed by atoms with E-state index in [0.717, 1.165) is 38.6 Å². The molecule has 2 heterocycles. The van der Waals surface area contributed by atoms with Gasteiger partial charge in [-0.3, -0.25) is 4.79 Å². The molecule has 0 unspecified atom stereocenters. The number of anilines is 1. The Morgan fingerprint density at radius 3 is 2.88 bits per heavy atom. The lowest BCUT2D eigenvalue weighted by Gasteiger charge is -2.07. The van der Waals surface area contributed by atoms with Gasteiger partial charge in [-0.1, -0.05) is 12.1 Å².